The Balaban J connectivity index is 0.000000195. The lowest BCUT2D eigenvalue weighted by molar-refractivity contribution is -0.142. The van der Waals surface area contributed by atoms with E-state index >= 15 is 0 Å². The molecule has 298 valence electrons. The topological polar surface area (TPSA) is 129 Å². The fourth-order valence-electron chi connectivity index (χ4n) is 14.1. The zero-order chi connectivity index (χ0) is 38.8. The number of carbonyl (C=O) groups is 4. The van der Waals surface area contributed by atoms with E-state index in [1.165, 1.54) is 11.1 Å². The molecule has 8 rings (SSSR count). The highest BCUT2D eigenvalue weighted by Gasteiger charge is 2.64. The first-order valence-corrected chi connectivity index (χ1v) is 20.5. The molecule has 3 N–H and O–H groups in total. The second-order valence-electron chi connectivity index (χ2n) is 18.6. The maximum absolute atomic E-state index is 12.6. The third kappa shape index (κ3) is 6.45. The average Bonchev–Trinajstić information content (AvgIpc) is 3.56. The quantitative estimate of drug-likeness (QED) is 0.197. The molecule has 0 spiro atoms. The van der Waals surface area contributed by atoms with Crippen molar-refractivity contribution in [1.82, 2.24) is 0 Å². The van der Waals surface area contributed by atoms with Crippen LogP contribution in [-0.2, 0) is 19.2 Å². The van der Waals surface area contributed by atoms with Gasteiger partial charge in [0.15, 0.2) is 23.1 Å². The Morgan fingerprint density at radius 2 is 1.41 bits per heavy atom. The molecule has 5 fully saturated rings. The predicted molar refractivity (Wildman–Crippen MR) is 213 cm³/mol. The number of alkyl halides is 1. The number of ketones is 4. The van der Waals surface area contributed by atoms with E-state index in [1.807, 2.05) is 12.2 Å². The molecule has 0 aromatic carbocycles. The first-order chi connectivity index (χ1) is 25.0. The van der Waals surface area contributed by atoms with Gasteiger partial charge < -0.3 is 15.3 Å². The van der Waals surface area contributed by atoms with Crippen molar-refractivity contribution in [3.63, 3.8) is 0 Å². The number of carbonyl (C=O) groups excluding carboxylic acids is 4. The second kappa shape index (κ2) is 15.5. The monoisotopic (exact) mass is 764 g/mol. The number of aliphatic hydroxyl groups is 3. The number of hydrogen-bond acceptors (Lipinski definition) is 7. The zero-order valence-corrected chi connectivity index (χ0v) is 33.5. The normalized spacial score (nSPS) is 45.1. The molecule has 8 heteroatoms. The van der Waals surface area contributed by atoms with Gasteiger partial charge in [0.2, 0.25) is 0 Å². The largest absolute Gasteiger partial charge is 0.400 e. The van der Waals surface area contributed by atoms with Crippen LogP contribution in [0.5, 0.6) is 0 Å². The molecule has 14 atom stereocenters. The van der Waals surface area contributed by atoms with Gasteiger partial charge in [-0.1, -0.05) is 77.0 Å². The lowest BCUT2D eigenvalue weighted by Crippen LogP contribution is -2.56. The minimum absolute atomic E-state index is 0. The second-order valence-corrected chi connectivity index (χ2v) is 18.9. The number of fused-ring (bicyclic) bond motifs is 10. The minimum Gasteiger partial charge on any atom is -0.400 e. The Hall–Kier alpha value is -2.45. The third-order valence-electron chi connectivity index (χ3n) is 16.1. The highest BCUT2D eigenvalue weighted by Crippen LogP contribution is 2.68. The van der Waals surface area contributed by atoms with Gasteiger partial charge in [0.25, 0.3) is 0 Å². The van der Waals surface area contributed by atoms with Crippen LogP contribution in [0, 0.1) is 74.9 Å². The molecule has 0 aliphatic heterocycles. The van der Waals surface area contributed by atoms with Crippen LogP contribution in [0.15, 0.2) is 59.3 Å². The number of halogens is 1. The first kappa shape index (κ1) is 42.7. The number of allylic oxidation sites excluding steroid dienone is 10. The lowest BCUT2D eigenvalue weighted by atomic mass is 9.46. The standard InChI is InChI=1S/C22H27ClO2.C22H30O4.CH4O.CH4/c1-13-10-18-16-5-4-14-11-15(24)6-8-21(14,2)17(16)7-9-22(18,3)20(13)19(25)12-23;1-12-8-16-15-5-4-13-9-14(24)6-7-21(13,2)20(15)17(25)10-22(16,3)19(12)18(26)11-23;1-2;/h6-8,11,13,16,18,20H,4-5,9-10,12H2,1-3H3;6-7,9,12,15-17,19-20,23,25H,4-5,8,10-11H2,1-3H3;2H,1H3;1H4/t13-,16?,18?,20?,21+,22+;12-,15?,16?,17-,19?,20?,21+,22+;;/m11../s1. The van der Waals surface area contributed by atoms with Gasteiger partial charge in [-0.15, -0.1) is 11.6 Å². The molecule has 7 unspecified atom stereocenters. The van der Waals surface area contributed by atoms with E-state index in [0.717, 1.165) is 57.6 Å². The number of aliphatic hydroxyl groups excluding tert-OH is 3. The summed E-state index contributed by atoms with van der Waals surface area (Å²) in [6, 6.07) is 0. The molecule has 0 heterocycles. The van der Waals surface area contributed by atoms with Crippen LogP contribution < -0.4 is 0 Å². The van der Waals surface area contributed by atoms with Crippen LogP contribution >= 0.6 is 11.6 Å². The number of hydrogen-bond donors (Lipinski definition) is 3. The maximum atomic E-state index is 12.6. The summed E-state index contributed by atoms with van der Waals surface area (Å²) in [4.78, 5) is 48.7. The van der Waals surface area contributed by atoms with Crippen molar-refractivity contribution in [3.05, 3.63) is 59.3 Å². The summed E-state index contributed by atoms with van der Waals surface area (Å²) in [5.74, 6) is 2.92. The van der Waals surface area contributed by atoms with Gasteiger partial charge >= 0.3 is 0 Å². The van der Waals surface area contributed by atoms with E-state index in [9.17, 15) is 29.4 Å². The summed E-state index contributed by atoms with van der Waals surface area (Å²) in [5.41, 5.74) is 3.34. The Labute approximate surface area is 328 Å². The summed E-state index contributed by atoms with van der Waals surface area (Å²) in [7, 11) is 1.00. The summed E-state index contributed by atoms with van der Waals surface area (Å²) in [6.45, 7) is 12.9. The van der Waals surface area contributed by atoms with Gasteiger partial charge in [-0.3, -0.25) is 19.2 Å². The van der Waals surface area contributed by atoms with Crippen LogP contribution in [0.4, 0.5) is 0 Å². The molecule has 54 heavy (non-hydrogen) atoms. The van der Waals surface area contributed by atoms with Crippen molar-refractivity contribution in [2.75, 3.05) is 19.6 Å². The van der Waals surface area contributed by atoms with E-state index in [0.29, 0.717) is 36.0 Å². The highest BCUT2D eigenvalue weighted by molar-refractivity contribution is 6.28. The SMILES string of the molecule is C.CO.C[C@@H]1CC2C3CCC4=CC(=O)C=C[C@]4(C)C3=CC[C@]2(C)C1C(=O)CCl.C[C@@H]1CC2C3CCC4=CC(=O)C=C[C@]4(C)C3[C@H](O)C[C@]2(C)C1C(=O)CO. The van der Waals surface area contributed by atoms with Crippen molar-refractivity contribution in [2.45, 2.75) is 106 Å². The molecule has 8 aliphatic carbocycles. The molecule has 0 radical (unpaired) electrons. The Morgan fingerprint density at radius 3 is 2.04 bits per heavy atom. The molecule has 0 amide bonds. The van der Waals surface area contributed by atoms with E-state index in [1.54, 1.807) is 18.2 Å². The molecule has 5 saturated carbocycles. The van der Waals surface area contributed by atoms with Gasteiger partial charge in [0.05, 0.1) is 12.0 Å². The molecule has 0 saturated heterocycles. The van der Waals surface area contributed by atoms with Crippen LogP contribution in [-0.4, -0.2) is 64.2 Å². The Bertz CT molecular complexity index is 1690. The van der Waals surface area contributed by atoms with Gasteiger partial charge in [-0.25, -0.2) is 0 Å². The molecule has 0 aromatic heterocycles. The van der Waals surface area contributed by atoms with Crippen molar-refractivity contribution in [2.24, 2.45) is 74.9 Å². The molecule has 7 nitrogen and oxygen atoms in total. The molecular formula is C46H65ClO7. The van der Waals surface area contributed by atoms with Crippen LogP contribution in [0.1, 0.15) is 100 Å². The van der Waals surface area contributed by atoms with Crippen molar-refractivity contribution < 1.29 is 34.5 Å². The zero-order valence-electron chi connectivity index (χ0n) is 32.7. The van der Waals surface area contributed by atoms with Crippen molar-refractivity contribution >= 4 is 34.7 Å². The fourth-order valence-corrected chi connectivity index (χ4v) is 14.3. The van der Waals surface area contributed by atoms with Crippen molar-refractivity contribution in [3.8, 4) is 0 Å². The van der Waals surface area contributed by atoms with Crippen LogP contribution in [0.2, 0.25) is 0 Å². The minimum atomic E-state index is -0.493. The van der Waals surface area contributed by atoms with Gasteiger partial charge in [0, 0.05) is 35.7 Å². The number of rotatable bonds is 4. The van der Waals surface area contributed by atoms with Gasteiger partial charge in [0.1, 0.15) is 6.61 Å². The molecular weight excluding hydrogens is 700 g/mol. The fraction of sp³-hybridized carbons (Fsp3) is 0.696. The molecule has 0 aromatic rings. The molecule has 8 aliphatic rings. The highest BCUT2D eigenvalue weighted by atomic mass is 35.5. The average molecular weight is 765 g/mol. The predicted octanol–water partition coefficient (Wildman–Crippen LogP) is 7.82. The maximum Gasteiger partial charge on any atom is 0.178 e. The van der Waals surface area contributed by atoms with Gasteiger partial charge in [-0.2, -0.15) is 0 Å². The van der Waals surface area contributed by atoms with E-state index in [2.05, 4.69) is 53.7 Å². The molecule has 0 bridgehead atoms. The van der Waals surface area contributed by atoms with Crippen LogP contribution in [0.25, 0.3) is 0 Å². The van der Waals surface area contributed by atoms with Crippen molar-refractivity contribution in [1.29, 1.82) is 0 Å². The Morgan fingerprint density at radius 1 is 0.833 bits per heavy atom. The third-order valence-corrected chi connectivity index (χ3v) is 16.4. The van der Waals surface area contributed by atoms with Crippen LogP contribution in [0.3, 0.4) is 0 Å². The van der Waals surface area contributed by atoms with E-state index in [4.69, 9.17) is 16.7 Å². The first-order valence-electron chi connectivity index (χ1n) is 20.0. The summed E-state index contributed by atoms with van der Waals surface area (Å²) >= 11 is 5.94. The summed E-state index contributed by atoms with van der Waals surface area (Å²) in [6.07, 6.45) is 20.6. The Kier molecular flexibility index (Phi) is 12.2. The van der Waals surface area contributed by atoms with E-state index in [-0.39, 0.29) is 81.8 Å². The summed E-state index contributed by atoms with van der Waals surface area (Å²) in [5, 5.41) is 27.7. The van der Waals surface area contributed by atoms with E-state index < -0.39 is 12.7 Å². The number of Topliss-reactive ketones (excluding diaryl/α,β-unsaturated/α-hetero) is 2. The smallest absolute Gasteiger partial charge is 0.178 e. The lowest BCUT2D eigenvalue weighted by Gasteiger charge is -2.58. The van der Waals surface area contributed by atoms with Gasteiger partial charge in [-0.05, 0) is 129 Å². The summed E-state index contributed by atoms with van der Waals surface area (Å²) < 4.78 is 0.